The molecular weight excluding hydrogens is 449 g/mol. The Labute approximate surface area is 201 Å². The molecule has 7 heteroatoms. The molecule has 1 aliphatic heterocycles. The number of rotatable bonds is 6. The Morgan fingerprint density at radius 3 is 2.40 bits per heavy atom. The maximum absolute atomic E-state index is 13.4. The van der Waals surface area contributed by atoms with Gasteiger partial charge in [-0.3, -0.25) is 9.59 Å². The summed E-state index contributed by atoms with van der Waals surface area (Å²) in [6.07, 6.45) is 1.81. The molecule has 6 nitrogen and oxygen atoms in total. The first-order valence-electron chi connectivity index (χ1n) is 11.3. The van der Waals surface area contributed by atoms with Crippen molar-refractivity contribution < 1.29 is 28.2 Å². The number of hydrogen-bond acceptors (Lipinski definition) is 5. The summed E-state index contributed by atoms with van der Waals surface area (Å²) in [6, 6.07) is 21.1. The average molecular weight is 474 g/mol. The number of benzene rings is 3. The van der Waals surface area contributed by atoms with E-state index in [1.807, 2.05) is 42.6 Å². The Kier molecular flexibility index (Phi) is 5.76. The standard InChI is InChI=1S/C28H24FNO5/c1-28(2)34-26(31)25(27(32)35-28)24(22-15-30-23-9-4-3-8-21(22)23)18-10-12-20(13-11-18)33-16-17-6-5-7-19(29)14-17/h3-15,24-25,30H,16H2,1-2H3/t24-/m0/s1. The lowest BCUT2D eigenvalue weighted by Gasteiger charge is -2.36. The predicted molar refractivity (Wildman–Crippen MR) is 127 cm³/mol. The smallest absolute Gasteiger partial charge is 0.324 e. The largest absolute Gasteiger partial charge is 0.489 e. The van der Waals surface area contributed by atoms with Gasteiger partial charge in [0, 0.05) is 36.9 Å². The fourth-order valence-corrected chi connectivity index (χ4v) is 4.47. The summed E-state index contributed by atoms with van der Waals surface area (Å²) in [6.45, 7) is 3.27. The van der Waals surface area contributed by atoms with Crippen molar-refractivity contribution in [2.45, 2.75) is 32.2 Å². The minimum Gasteiger partial charge on any atom is -0.489 e. The molecule has 0 amide bonds. The van der Waals surface area contributed by atoms with E-state index in [0.29, 0.717) is 11.3 Å². The SMILES string of the molecule is CC1(C)OC(=O)C([C@@H](c2ccc(OCc3cccc(F)c3)cc2)c2c[nH]c3ccccc23)C(=O)O1. The zero-order valence-corrected chi connectivity index (χ0v) is 19.3. The average Bonchev–Trinajstić information content (AvgIpc) is 3.24. The maximum atomic E-state index is 13.4. The molecule has 0 spiro atoms. The molecular formula is C28H24FNO5. The summed E-state index contributed by atoms with van der Waals surface area (Å²) in [5.41, 5.74) is 3.11. The van der Waals surface area contributed by atoms with Gasteiger partial charge in [-0.2, -0.15) is 0 Å². The maximum Gasteiger partial charge on any atom is 0.324 e. The third-order valence-electron chi connectivity index (χ3n) is 6.02. The van der Waals surface area contributed by atoms with E-state index in [1.165, 1.54) is 26.0 Å². The minimum atomic E-state index is -1.32. The highest BCUT2D eigenvalue weighted by molar-refractivity contribution is 5.99. The van der Waals surface area contributed by atoms with Crippen LogP contribution in [0.3, 0.4) is 0 Å². The van der Waals surface area contributed by atoms with Crippen molar-refractivity contribution in [2.24, 2.45) is 5.92 Å². The fraction of sp³-hybridized carbons (Fsp3) is 0.214. The number of halogens is 1. The van der Waals surface area contributed by atoms with E-state index in [1.54, 1.807) is 24.3 Å². The molecule has 1 saturated heterocycles. The van der Waals surface area contributed by atoms with E-state index < -0.39 is 29.6 Å². The number of hydrogen-bond donors (Lipinski definition) is 1. The molecule has 1 fully saturated rings. The van der Waals surface area contributed by atoms with Gasteiger partial charge < -0.3 is 19.2 Å². The first kappa shape index (κ1) is 22.7. The lowest BCUT2D eigenvalue weighted by Crippen LogP contribution is -2.48. The third-order valence-corrected chi connectivity index (χ3v) is 6.02. The van der Waals surface area contributed by atoms with Gasteiger partial charge in [0.05, 0.1) is 0 Å². The van der Waals surface area contributed by atoms with E-state index in [4.69, 9.17) is 14.2 Å². The van der Waals surface area contributed by atoms with Gasteiger partial charge in [-0.25, -0.2) is 4.39 Å². The number of ether oxygens (including phenoxy) is 3. The molecule has 1 atom stereocenters. The van der Waals surface area contributed by atoms with Crippen LogP contribution < -0.4 is 4.74 Å². The van der Waals surface area contributed by atoms with Crippen molar-refractivity contribution in [1.82, 2.24) is 4.98 Å². The second-order valence-corrected chi connectivity index (χ2v) is 8.97. The number of cyclic esters (lactones) is 2. The first-order valence-corrected chi connectivity index (χ1v) is 11.3. The Bertz CT molecular complexity index is 1370. The van der Waals surface area contributed by atoms with Crippen LogP contribution in [-0.2, 0) is 25.7 Å². The van der Waals surface area contributed by atoms with Gasteiger partial charge in [-0.05, 0) is 47.0 Å². The van der Waals surface area contributed by atoms with Gasteiger partial charge >= 0.3 is 11.9 Å². The van der Waals surface area contributed by atoms with Gasteiger partial charge in [0.2, 0.25) is 0 Å². The zero-order chi connectivity index (χ0) is 24.6. The van der Waals surface area contributed by atoms with Crippen LogP contribution in [0.1, 0.15) is 36.5 Å². The van der Waals surface area contributed by atoms with Crippen molar-refractivity contribution in [3.05, 3.63) is 102 Å². The lowest BCUT2D eigenvalue weighted by atomic mass is 9.80. The van der Waals surface area contributed by atoms with Gasteiger partial charge in [0.15, 0.2) is 5.92 Å². The topological polar surface area (TPSA) is 77.6 Å². The molecule has 1 N–H and O–H groups in total. The summed E-state index contributed by atoms with van der Waals surface area (Å²) in [5.74, 6) is -4.13. The van der Waals surface area contributed by atoms with Crippen LogP contribution in [0.25, 0.3) is 10.9 Å². The molecule has 0 bridgehead atoms. The number of carbonyl (C=O) groups is 2. The summed E-state index contributed by atoms with van der Waals surface area (Å²) in [5, 5.41) is 0.898. The highest BCUT2D eigenvalue weighted by atomic mass is 19.1. The van der Waals surface area contributed by atoms with Gasteiger partial charge in [0.1, 0.15) is 18.2 Å². The summed E-state index contributed by atoms with van der Waals surface area (Å²) < 4.78 is 30.1. The second kappa shape index (κ2) is 8.91. The van der Waals surface area contributed by atoms with Gasteiger partial charge in [-0.1, -0.05) is 42.5 Å². The number of nitrogens with one attached hydrogen (secondary N) is 1. The molecule has 1 aromatic heterocycles. The molecule has 5 rings (SSSR count). The summed E-state index contributed by atoms with van der Waals surface area (Å²) in [4.78, 5) is 29.3. The van der Waals surface area contributed by atoms with Crippen molar-refractivity contribution in [3.63, 3.8) is 0 Å². The number of esters is 2. The van der Waals surface area contributed by atoms with Gasteiger partial charge in [0.25, 0.3) is 5.79 Å². The van der Waals surface area contributed by atoms with Crippen LogP contribution in [-0.4, -0.2) is 22.7 Å². The fourth-order valence-electron chi connectivity index (χ4n) is 4.47. The molecule has 2 heterocycles. The third kappa shape index (κ3) is 4.62. The van der Waals surface area contributed by atoms with E-state index in [2.05, 4.69) is 4.98 Å². The Hall–Kier alpha value is -4.13. The van der Waals surface area contributed by atoms with Crippen molar-refractivity contribution in [3.8, 4) is 5.75 Å². The number of para-hydroxylation sites is 1. The molecule has 35 heavy (non-hydrogen) atoms. The van der Waals surface area contributed by atoms with E-state index >= 15 is 0 Å². The van der Waals surface area contributed by atoms with Gasteiger partial charge in [-0.15, -0.1) is 0 Å². The lowest BCUT2D eigenvalue weighted by molar-refractivity contribution is -0.240. The van der Waals surface area contributed by atoms with Crippen LogP contribution in [0, 0.1) is 11.7 Å². The van der Waals surface area contributed by atoms with Crippen LogP contribution in [0.4, 0.5) is 4.39 Å². The zero-order valence-electron chi connectivity index (χ0n) is 19.3. The van der Waals surface area contributed by atoms with Crippen LogP contribution in [0.15, 0.2) is 79.0 Å². The summed E-state index contributed by atoms with van der Waals surface area (Å²) in [7, 11) is 0. The normalized spacial score (nSPS) is 16.5. The summed E-state index contributed by atoms with van der Waals surface area (Å²) >= 11 is 0. The highest BCUT2D eigenvalue weighted by Gasteiger charge is 2.48. The highest BCUT2D eigenvalue weighted by Crippen LogP contribution is 2.41. The number of aromatic amines is 1. The number of fused-ring (bicyclic) bond motifs is 1. The monoisotopic (exact) mass is 473 g/mol. The van der Waals surface area contributed by atoms with Crippen LogP contribution in [0.5, 0.6) is 5.75 Å². The molecule has 4 aromatic rings. The van der Waals surface area contributed by atoms with E-state index in [-0.39, 0.29) is 12.4 Å². The Morgan fingerprint density at radius 2 is 1.69 bits per heavy atom. The van der Waals surface area contributed by atoms with Crippen LogP contribution >= 0.6 is 0 Å². The molecule has 178 valence electrons. The molecule has 3 aromatic carbocycles. The van der Waals surface area contributed by atoms with E-state index in [9.17, 15) is 14.0 Å². The molecule has 0 unspecified atom stereocenters. The van der Waals surface area contributed by atoms with Crippen molar-refractivity contribution in [2.75, 3.05) is 0 Å². The predicted octanol–water partition coefficient (Wildman–Crippen LogP) is 5.47. The first-order chi connectivity index (χ1) is 16.8. The quantitative estimate of drug-likeness (QED) is 0.297. The number of carbonyl (C=O) groups excluding carboxylic acids is 2. The Balaban J connectivity index is 1.48. The van der Waals surface area contributed by atoms with Crippen molar-refractivity contribution >= 4 is 22.8 Å². The molecule has 0 aliphatic carbocycles. The molecule has 0 saturated carbocycles. The second-order valence-electron chi connectivity index (χ2n) is 8.97. The Morgan fingerprint density at radius 1 is 0.971 bits per heavy atom. The van der Waals surface area contributed by atoms with Crippen LogP contribution in [0.2, 0.25) is 0 Å². The molecule has 0 radical (unpaired) electrons. The van der Waals surface area contributed by atoms with Crippen molar-refractivity contribution in [1.29, 1.82) is 0 Å². The van der Waals surface area contributed by atoms with E-state index in [0.717, 1.165) is 22.0 Å². The minimum absolute atomic E-state index is 0.208. The number of H-pyrrole nitrogens is 1. The molecule has 1 aliphatic rings. The number of aromatic nitrogens is 1.